The second-order valence-electron chi connectivity index (χ2n) is 4.29. The molecule has 2 aromatic rings. The largest absolute Gasteiger partial charge is 0.494 e. The molecule has 0 spiro atoms. The van der Waals surface area contributed by atoms with E-state index in [0.717, 1.165) is 27.8 Å². The number of benzene rings is 2. The molecule has 0 bridgehead atoms. The molecule has 0 aliphatic rings. The summed E-state index contributed by atoms with van der Waals surface area (Å²) < 4.78 is 5.39. The van der Waals surface area contributed by atoms with Crippen molar-refractivity contribution in [3.63, 3.8) is 0 Å². The van der Waals surface area contributed by atoms with Crippen molar-refractivity contribution in [2.75, 3.05) is 6.61 Å². The van der Waals surface area contributed by atoms with Crippen LogP contribution in [-0.4, -0.2) is 11.8 Å². The number of hydrogen-bond donors (Lipinski definition) is 1. The average Bonchev–Trinajstić information content (AvgIpc) is 2.49. The van der Waals surface area contributed by atoms with Gasteiger partial charge in [-0.2, -0.15) is 0 Å². The molecule has 0 saturated carbocycles. The van der Waals surface area contributed by atoms with Gasteiger partial charge in [0.15, 0.2) is 5.17 Å². The van der Waals surface area contributed by atoms with Gasteiger partial charge >= 0.3 is 0 Å². The molecule has 3 nitrogen and oxygen atoms in total. The van der Waals surface area contributed by atoms with Crippen molar-refractivity contribution < 1.29 is 4.74 Å². The minimum absolute atomic E-state index is 0.536. The van der Waals surface area contributed by atoms with E-state index < -0.39 is 0 Å². The fourth-order valence-electron chi connectivity index (χ4n) is 1.68. The van der Waals surface area contributed by atoms with Crippen LogP contribution in [-0.2, 0) is 5.75 Å². The van der Waals surface area contributed by atoms with Gasteiger partial charge in [0, 0.05) is 10.8 Å². The first-order valence-corrected chi connectivity index (χ1v) is 7.98. The van der Waals surface area contributed by atoms with Crippen LogP contribution in [0.3, 0.4) is 0 Å². The first-order valence-electron chi connectivity index (χ1n) is 6.61. The Balaban J connectivity index is 1.92. The van der Waals surface area contributed by atoms with Gasteiger partial charge in [-0.05, 0) is 48.9 Å². The van der Waals surface area contributed by atoms with Crippen molar-refractivity contribution in [3.8, 4) is 5.75 Å². The quantitative estimate of drug-likeness (QED) is 0.646. The zero-order chi connectivity index (χ0) is 15.1. The van der Waals surface area contributed by atoms with Crippen molar-refractivity contribution >= 4 is 34.2 Å². The number of amidine groups is 1. The molecule has 0 heterocycles. The highest BCUT2D eigenvalue weighted by Crippen LogP contribution is 2.21. The molecule has 21 heavy (non-hydrogen) atoms. The predicted octanol–water partition coefficient (Wildman–Crippen LogP) is 4.62. The summed E-state index contributed by atoms with van der Waals surface area (Å²) in [5.74, 6) is 1.60. The molecule has 0 aliphatic carbocycles. The number of rotatable bonds is 5. The number of nitrogens with zero attached hydrogens (tertiary/aromatic N) is 1. The maximum atomic E-state index is 5.94. The highest BCUT2D eigenvalue weighted by Gasteiger charge is 1.99. The number of nitrogens with two attached hydrogens (primary N) is 1. The van der Waals surface area contributed by atoms with E-state index in [2.05, 4.69) is 4.99 Å². The lowest BCUT2D eigenvalue weighted by Gasteiger charge is -2.04. The predicted molar refractivity (Wildman–Crippen MR) is 91.6 cm³/mol. The lowest BCUT2D eigenvalue weighted by atomic mass is 10.2. The van der Waals surface area contributed by atoms with Crippen molar-refractivity contribution in [2.45, 2.75) is 12.7 Å². The number of aliphatic imine (C=N–C) groups is 1. The molecule has 2 rings (SSSR count). The second-order valence-corrected chi connectivity index (χ2v) is 5.72. The SMILES string of the molecule is CCOc1ccc(N=C(N)SCc2ccc(Cl)cc2)cc1. The number of thioether (sulfide) groups is 1. The normalized spacial score (nSPS) is 11.4. The van der Waals surface area contributed by atoms with Gasteiger partial charge in [-0.25, -0.2) is 4.99 Å². The van der Waals surface area contributed by atoms with Crippen LogP contribution in [0.5, 0.6) is 5.75 Å². The van der Waals surface area contributed by atoms with Crippen molar-refractivity contribution in [1.82, 2.24) is 0 Å². The number of hydrogen-bond acceptors (Lipinski definition) is 3. The molecule has 2 N–H and O–H groups in total. The Kier molecular flexibility index (Phi) is 5.96. The summed E-state index contributed by atoms with van der Waals surface area (Å²) >= 11 is 7.35. The van der Waals surface area contributed by atoms with Crippen LogP contribution >= 0.6 is 23.4 Å². The Morgan fingerprint density at radius 1 is 1.14 bits per heavy atom. The Labute approximate surface area is 134 Å². The van der Waals surface area contributed by atoms with Crippen molar-refractivity contribution in [1.29, 1.82) is 0 Å². The lowest BCUT2D eigenvalue weighted by molar-refractivity contribution is 0.340. The molecule has 0 fully saturated rings. The van der Waals surface area contributed by atoms with Crippen molar-refractivity contribution in [2.24, 2.45) is 10.7 Å². The van der Waals surface area contributed by atoms with Crippen LogP contribution < -0.4 is 10.5 Å². The molecular formula is C16H17ClN2OS. The summed E-state index contributed by atoms with van der Waals surface area (Å²) in [6.45, 7) is 2.61. The van der Waals surface area contributed by atoms with E-state index in [4.69, 9.17) is 22.1 Å². The van der Waals surface area contributed by atoms with E-state index in [1.165, 1.54) is 11.8 Å². The molecule has 0 amide bonds. The Bertz CT molecular complexity index is 597. The highest BCUT2D eigenvalue weighted by atomic mass is 35.5. The summed E-state index contributed by atoms with van der Waals surface area (Å²) in [5.41, 5.74) is 7.92. The summed E-state index contributed by atoms with van der Waals surface area (Å²) in [5, 5.41) is 1.27. The third-order valence-corrected chi connectivity index (χ3v) is 3.80. The third kappa shape index (κ3) is 5.33. The molecule has 5 heteroatoms. The van der Waals surface area contributed by atoms with E-state index in [1.54, 1.807) is 0 Å². The minimum Gasteiger partial charge on any atom is -0.494 e. The first kappa shape index (κ1) is 15.7. The molecule has 0 atom stereocenters. The summed E-state index contributed by atoms with van der Waals surface area (Å²) in [6, 6.07) is 15.3. The maximum Gasteiger partial charge on any atom is 0.159 e. The Hall–Kier alpha value is -1.65. The summed E-state index contributed by atoms with van der Waals surface area (Å²) in [6.07, 6.45) is 0. The van der Waals surface area contributed by atoms with E-state index in [9.17, 15) is 0 Å². The zero-order valence-corrected chi connectivity index (χ0v) is 13.3. The van der Waals surface area contributed by atoms with E-state index in [-0.39, 0.29) is 0 Å². The van der Waals surface area contributed by atoms with Gasteiger partial charge in [-0.3, -0.25) is 0 Å². The first-order chi connectivity index (χ1) is 10.2. The topological polar surface area (TPSA) is 47.6 Å². The molecule has 2 aromatic carbocycles. The van der Waals surface area contributed by atoms with Crippen LogP contribution in [0.4, 0.5) is 5.69 Å². The summed E-state index contributed by atoms with van der Waals surface area (Å²) in [4.78, 5) is 4.37. The lowest BCUT2D eigenvalue weighted by Crippen LogP contribution is -2.06. The van der Waals surface area contributed by atoms with E-state index in [1.807, 2.05) is 55.5 Å². The minimum atomic E-state index is 0.536. The molecule has 0 saturated heterocycles. The molecule has 110 valence electrons. The van der Waals surface area contributed by atoms with Gasteiger partial charge in [0.1, 0.15) is 5.75 Å². The van der Waals surface area contributed by atoms with Gasteiger partial charge in [0.2, 0.25) is 0 Å². The molecular weight excluding hydrogens is 304 g/mol. The number of ether oxygens (including phenoxy) is 1. The molecule has 0 aromatic heterocycles. The molecule has 0 aliphatic heterocycles. The van der Waals surface area contributed by atoms with Crippen LogP contribution in [0.15, 0.2) is 53.5 Å². The maximum absolute atomic E-state index is 5.94. The fourth-order valence-corrected chi connectivity index (χ4v) is 2.48. The van der Waals surface area contributed by atoms with Crippen molar-refractivity contribution in [3.05, 3.63) is 59.1 Å². The van der Waals surface area contributed by atoms with Gasteiger partial charge < -0.3 is 10.5 Å². The number of halogens is 1. The van der Waals surface area contributed by atoms with Gasteiger partial charge in [0.25, 0.3) is 0 Å². The highest BCUT2D eigenvalue weighted by molar-refractivity contribution is 8.13. The van der Waals surface area contributed by atoms with Crippen LogP contribution in [0.1, 0.15) is 12.5 Å². The van der Waals surface area contributed by atoms with E-state index >= 15 is 0 Å². The van der Waals surface area contributed by atoms with Gasteiger partial charge in [-0.1, -0.05) is 35.5 Å². The van der Waals surface area contributed by atoms with Crippen LogP contribution in [0, 0.1) is 0 Å². The van der Waals surface area contributed by atoms with Gasteiger partial charge in [0.05, 0.1) is 12.3 Å². The summed E-state index contributed by atoms with van der Waals surface area (Å²) in [7, 11) is 0. The monoisotopic (exact) mass is 320 g/mol. The fraction of sp³-hybridized carbons (Fsp3) is 0.188. The van der Waals surface area contributed by atoms with Gasteiger partial charge in [-0.15, -0.1) is 0 Å². The Morgan fingerprint density at radius 3 is 2.43 bits per heavy atom. The molecule has 0 radical (unpaired) electrons. The zero-order valence-electron chi connectivity index (χ0n) is 11.8. The van der Waals surface area contributed by atoms with Crippen LogP contribution in [0.2, 0.25) is 5.02 Å². The standard InChI is InChI=1S/C16H17ClN2OS/c1-2-20-15-9-7-14(8-10-15)19-16(18)21-11-12-3-5-13(17)6-4-12/h3-10H,2,11H2,1H3,(H2,18,19). The van der Waals surface area contributed by atoms with Crippen LogP contribution in [0.25, 0.3) is 0 Å². The Morgan fingerprint density at radius 2 is 1.81 bits per heavy atom. The molecule has 0 unspecified atom stereocenters. The van der Waals surface area contributed by atoms with E-state index in [0.29, 0.717) is 11.8 Å². The average molecular weight is 321 g/mol. The third-order valence-electron chi connectivity index (χ3n) is 2.69. The second kappa shape index (κ2) is 7.96. The smallest absolute Gasteiger partial charge is 0.159 e.